The summed E-state index contributed by atoms with van der Waals surface area (Å²) in [5.41, 5.74) is -0.0966. The number of rotatable bonds is 4. The normalized spacial score (nSPS) is 14.3. The Morgan fingerprint density at radius 3 is 2.47 bits per heavy atom. The van der Waals surface area contributed by atoms with Crippen molar-refractivity contribution in [2.45, 2.75) is 18.8 Å². The zero-order valence-electron chi connectivity index (χ0n) is 8.53. The van der Waals surface area contributed by atoms with Crippen LogP contribution in [0.15, 0.2) is 41.4 Å². The molecule has 1 rings (SSSR count). The van der Waals surface area contributed by atoms with Crippen LogP contribution >= 0.6 is 15.9 Å². The van der Waals surface area contributed by atoms with Gasteiger partial charge in [0.25, 0.3) is 0 Å². The van der Waals surface area contributed by atoms with Gasteiger partial charge in [-0.2, -0.15) is 0 Å². The molecule has 0 saturated heterocycles. The van der Waals surface area contributed by atoms with Crippen LogP contribution in [0.4, 0.5) is 0 Å². The van der Waals surface area contributed by atoms with Crippen molar-refractivity contribution in [1.82, 2.24) is 0 Å². The van der Waals surface area contributed by atoms with Crippen LogP contribution in [-0.4, -0.2) is 11.1 Å². The minimum absolute atomic E-state index is 0.421. The van der Waals surface area contributed by atoms with E-state index in [2.05, 4.69) is 22.5 Å². The third kappa shape index (κ3) is 2.48. The highest BCUT2D eigenvalue weighted by atomic mass is 79.9. The molecule has 80 valence electrons. The van der Waals surface area contributed by atoms with E-state index in [1.165, 1.54) is 0 Å². The standard InChI is InChI=1S/C12H13BrO2/c1-3-8-12(2,11(14)15)9-4-6-10(13)7-5-9/h3-7H,1,8H2,2H3,(H,14,15)/t12-/m1/s1. The molecule has 1 N–H and O–H groups in total. The van der Waals surface area contributed by atoms with Crippen molar-refractivity contribution in [3.8, 4) is 0 Å². The molecule has 0 saturated carbocycles. The number of carbonyl (C=O) groups is 1. The van der Waals surface area contributed by atoms with E-state index in [9.17, 15) is 9.90 Å². The molecule has 0 amide bonds. The fourth-order valence-corrected chi connectivity index (χ4v) is 1.70. The van der Waals surface area contributed by atoms with Gasteiger partial charge in [-0.25, -0.2) is 0 Å². The molecule has 0 fully saturated rings. The van der Waals surface area contributed by atoms with E-state index in [0.29, 0.717) is 6.42 Å². The highest BCUT2D eigenvalue weighted by Gasteiger charge is 2.33. The maximum absolute atomic E-state index is 11.2. The lowest BCUT2D eigenvalue weighted by Gasteiger charge is -2.23. The van der Waals surface area contributed by atoms with Crippen LogP contribution in [0.5, 0.6) is 0 Å². The summed E-state index contributed by atoms with van der Waals surface area (Å²) in [6.45, 7) is 5.31. The first-order valence-electron chi connectivity index (χ1n) is 4.61. The van der Waals surface area contributed by atoms with Gasteiger partial charge in [-0.15, -0.1) is 6.58 Å². The first-order chi connectivity index (χ1) is 7.00. The molecule has 0 aliphatic carbocycles. The molecule has 0 bridgehead atoms. The minimum atomic E-state index is -0.886. The monoisotopic (exact) mass is 268 g/mol. The molecule has 0 aromatic heterocycles. The maximum atomic E-state index is 11.2. The van der Waals surface area contributed by atoms with Gasteiger partial charge in [0.05, 0.1) is 5.41 Å². The third-order valence-electron chi connectivity index (χ3n) is 2.51. The number of carboxylic acids is 1. The summed E-state index contributed by atoms with van der Waals surface area (Å²) in [6, 6.07) is 7.34. The fourth-order valence-electron chi connectivity index (χ4n) is 1.44. The molecule has 0 aliphatic rings. The summed E-state index contributed by atoms with van der Waals surface area (Å²) >= 11 is 3.32. The molecular weight excluding hydrogens is 256 g/mol. The Bertz CT molecular complexity index is 370. The number of halogens is 1. The van der Waals surface area contributed by atoms with Gasteiger partial charge in [-0.05, 0) is 31.0 Å². The minimum Gasteiger partial charge on any atom is -0.481 e. The van der Waals surface area contributed by atoms with E-state index < -0.39 is 11.4 Å². The topological polar surface area (TPSA) is 37.3 Å². The van der Waals surface area contributed by atoms with Crippen molar-refractivity contribution >= 4 is 21.9 Å². The Morgan fingerprint density at radius 1 is 1.53 bits per heavy atom. The number of hydrogen-bond acceptors (Lipinski definition) is 1. The van der Waals surface area contributed by atoms with Crippen molar-refractivity contribution in [2.24, 2.45) is 0 Å². The largest absolute Gasteiger partial charge is 0.481 e. The average Bonchev–Trinajstić information content (AvgIpc) is 2.18. The fraction of sp³-hybridized carbons (Fsp3) is 0.250. The maximum Gasteiger partial charge on any atom is 0.314 e. The predicted octanol–water partition coefficient (Wildman–Crippen LogP) is 3.37. The quantitative estimate of drug-likeness (QED) is 0.851. The third-order valence-corrected chi connectivity index (χ3v) is 3.03. The number of hydrogen-bond donors (Lipinski definition) is 1. The van der Waals surface area contributed by atoms with E-state index >= 15 is 0 Å². The lowest BCUT2D eigenvalue weighted by molar-refractivity contribution is -0.143. The molecule has 0 spiro atoms. The molecule has 0 radical (unpaired) electrons. The summed E-state index contributed by atoms with van der Waals surface area (Å²) in [5, 5.41) is 9.23. The van der Waals surface area contributed by atoms with E-state index in [0.717, 1.165) is 10.0 Å². The molecule has 0 aliphatic heterocycles. The van der Waals surface area contributed by atoms with Crippen molar-refractivity contribution in [3.63, 3.8) is 0 Å². The molecule has 1 atom stereocenters. The Morgan fingerprint density at radius 2 is 2.07 bits per heavy atom. The summed E-state index contributed by atoms with van der Waals surface area (Å²) in [6.07, 6.45) is 2.06. The van der Waals surface area contributed by atoms with Gasteiger partial charge < -0.3 is 5.11 Å². The predicted molar refractivity (Wildman–Crippen MR) is 63.9 cm³/mol. The lowest BCUT2D eigenvalue weighted by Crippen LogP contribution is -2.31. The first kappa shape index (κ1) is 12.0. The summed E-state index contributed by atoms with van der Waals surface area (Å²) < 4.78 is 0.942. The van der Waals surface area contributed by atoms with Crippen LogP contribution in [0.1, 0.15) is 18.9 Å². The Kier molecular flexibility index (Phi) is 3.69. The molecule has 0 unspecified atom stereocenters. The number of benzene rings is 1. The van der Waals surface area contributed by atoms with Crippen LogP contribution in [0, 0.1) is 0 Å². The summed E-state index contributed by atoms with van der Waals surface area (Å²) in [4.78, 5) is 11.2. The van der Waals surface area contributed by atoms with Gasteiger partial charge in [-0.1, -0.05) is 34.1 Å². The highest BCUT2D eigenvalue weighted by Crippen LogP contribution is 2.29. The second-order valence-corrected chi connectivity index (χ2v) is 4.55. The van der Waals surface area contributed by atoms with Crippen molar-refractivity contribution in [3.05, 3.63) is 47.0 Å². The van der Waals surface area contributed by atoms with Gasteiger partial charge in [0, 0.05) is 4.47 Å². The zero-order valence-corrected chi connectivity index (χ0v) is 10.1. The van der Waals surface area contributed by atoms with E-state index in [1.807, 2.05) is 24.3 Å². The Balaban J connectivity index is 3.14. The van der Waals surface area contributed by atoms with Gasteiger partial charge in [0.2, 0.25) is 0 Å². The lowest BCUT2D eigenvalue weighted by atomic mass is 9.80. The van der Waals surface area contributed by atoms with Gasteiger partial charge in [-0.3, -0.25) is 4.79 Å². The molecule has 1 aromatic rings. The highest BCUT2D eigenvalue weighted by molar-refractivity contribution is 9.10. The van der Waals surface area contributed by atoms with Crippen LogP contribution in [0.2, 0.25) is 0 Å². The summed E-state index contributed by atoms with van der Waals surface area (Å²) in [7, 11) is 0. The van der Waals surface area contributed by atoms with Gasteiger partial charge in [0.1, 0.15) is 0 Å². The summed E-state index contributed by atoms with van der Waals surface area (Å²) in [5.74, 6) is -0.829. The van der Waals surface area contributed by atoms with E-state index in [-0.39, 0.29) is 0 Å². The van der Waals surface area contributed by atoms with Crippen molar-refractivity contribution in [2.75, 3.05) is 0 Å². The van der Waals surface area contributed by atoms with Gasteiger partial charge >= 0.3 is 5.97 Å². The Hall–Kier alpha value is -1.09. The van der Waals surface area contributed by atoms with Crippen LogP contribution in [0.25, 0.3) is 0 Å². The van der Waals surface area contributed by atoms with Crippen LogP contribution in [-0.2, 0) is 10.2 Å². The average molecular weight is 269 g/mol. The van der Waals surface area contributed by atoms with Crippen molar-refractivity contribution in [1.29, 1.82) is 0 Å². The SMILES string of the molecule is C=CC[C@@](C)(C(=O)O)c1ccc(Br)cc1. The molecule has 2 nitrogen and oxygen atoms in total. The molecule has 1 aromatic carbocycles. The molecule has 0 heterocycles. The second kappa shape index (κ2) is 4.62. The molecular formula is C12H13BrO2. The first-order valence-corrected chi connectivity index (χ1v) is 5.40. The Labute approximate surface area is 97.8 Å². The second-order valence-electron chi connectivity index (χ2n) is 3.64. The zero-order chi connectivity index (χ0) is 11.5. The van der Waals surface area contributed by atoms with Crippen molar-refractivity contribution < 1.29 is 9.90 Å². The van der Waals surface area contributed by atoms with Gasteiger partial charge in [0.15, 0.2) is 0 Å². The van der Waals surface area contributed by atoms with Crippen LogP contribution in [0.3, 0.4) is 0 Å². The number of aliphatic carboxylic acids is 1. The van der Waals surface area contributed by atoms with Crippen LogP contribution < -0.4 is 0 Å². The molecule has 15 heavy (non-hydrogen) atoms. The smallest absolute Gasteiger partial charge is 0.314 e. The number of carboxylic acid groups (broad SMARTS) is 1. The van der Waals surface area contributed by atoms with E-state index in [1.54, 1.807) is 13.0 Å². The molecule has 3 heteroatoms. The number of allylic oxidation sites excluding steroid dienone is 1. The van der Waals surface area contributed by atoms with E-state index in [4.69, 9.17) is 0 Å².